The highest BCUT2D eigenvalue weighted by molar-refractivity contribution is 7.22. The molecule has 1 saturated heterocycles. The number of ether oxygens (including phenoxy) is 1. The van der Waals surface area contributed by atoms with E-state index in [1.165, 1.54) is 29.5 Å². The maximum Gasteiger partial charge on any atom is 0.573 e. The third-order valence-corrected chi connectivity index (χ3v) is 9.58. The van der Waals surface area contributed by atoms with Crippen LogP contribution in [-0.4, -0.2) is 46.7 Å². The van der Waals surface area contributed by atoms with Gasteiger partial charge >= 0.3 is 12.3 Å². The van der Waals surface area contributed by atoms with Crippen molar-refractivity contribution in [1.82, 2.24) is 10.1 Å². The monoisotopic (exact) mass is 602 g/mol. The average molecular weight is 603 g/mol. The molecule has 3 aliphatic rings. The van der Waals surface area contributed by atoms with Gasteiger partial charge in [0.15, 0.2) is 16.7 Å². The lowest BCUT2D eigenvalue weighted by Gasteiger charge is -2.52. The Hall–Kier alpha value is -3.87. The minimum absolute atomic E-state index is 0.0991. The van der Waals surface area contributed by atoms with Crippen LogP contribution in [-0.2, 0) is 0 Å². The number of carboxylic acid groups (broad SMARTS) is 1. The highest BCUT2D eigenvalue weighted by atomic mass is 32.1. The summed E-state index contributed by atoms with van der Waals surface area (Å²) in [6.07, 6.45) is 0.683. The molecule has 7 rings (SSSR count). The minimum Gasteiger partial charge on any atom is -0.478 e. The molecule has 3 fully saturated rings. The second kappa shape index (κ2) is 9.85. The number of aromatic carboxylic acids is 1. The van der Waals surface area contributed by atoms with Gasteiger partial charge < -0.3 is 24.6 Å². The van der Waals surface area contributed by atoms with Gasteiger partial charge in [0.05, 0.1) is 10.3 Å². The van der Waals surface area contributed by atoms with Crippen LogP contribution in [0.3, 0.4) is 0 Å². The van der Waals surface area contributed by atoms with Gasteiger partial charge in [-0.25, -0.2) is 14.2 Å². The molecular formula is C29H26F4N4O4S. The summed E-state index contributed by atoms with van der Waals surface area (Å²) in [6.45, 7) is 1.49. The van der Waals surface area contributed by atoms with E-state index in [0.29, 0.717) is 27.0 Å². The molecule has 0 bridgehead atoms. The number of piperidine rings is 1. The number of carbonyl (C=O) groups is 1. The lowest BCUT2D eigenvalue weighted by atomic mass is 9.60. The number of nitrogens with zero attached hydrogens (tertiary/aromatic N) is 3. The first-order valence-electron chi connectivity index (χ1n) is 13.8. The molecule has 13 heteroatoms. The first-order chi connectivity index (χ1) is 20.1. The molecule has 220 valence electrons. The van der Waals surface area contributed by atoms with Crippen LogP contribution in [0.15, 0.2) is 40.9 Å². The van der Waals surface area contributed by atoms with E-state index in [2.05, 4.69) is 25.1 Å². The van der Waals surface area contributed by atoms with Crippen molar-refractivity contribution in [1.29, 1.82) is 0 Å². The Morgan fingerprint density at radius 1 is 1.17 bits per heavy atom. The highest BCUT2D eigenvalue weighted by Gasteiger charge is 2.47. The van der Waals surface area contributed by atoms with Crippen LogP contribution in [0.2, 0.25) is 0 Å². The van der Waals surface area contributed by atoms with E-state index < -0.39 is 18.1 Å². The number of benzene rings is 2. The Bertz CT molecular complexity index is 1670. The summed E-state index contributed by atoms with van der Waals surface area (Å²) in [5, 5.41) is 17.6. The SMILES string of the molecule is O=C(O)c1cc(F)c2nc(N3CCC4(CC3)CC(Nc3c(-c5ccccc5OC(F)(F)F)noc3C3CC3)C4)sc2c1. The van der Waals surface area contributed by atoms with Gasteiger partial charge in [0, 0.05) is 30.6 Å². The van der Waals surface area contributed by atoms with Gasteiger partial charge in [-0.2, -0.15) is 0 Å². The van der Waals surface area contributed by atoms with Crippen molar-refractivity contribution in [3.63, 3.8) is 0 Å². The molecule has 1 aliphatic heterocycles. The van der Waals surface area contributed by atoms with Crippen LogP contribution < -0.4 is 15.0 Å². The number of nitrogens with one attached hydrogen (secondary N) is 1. The Labute approximate surface area is 241 Å². The van der Waals surface area contributed by atoms with Crippen LogP contribution in [0.25, 0.3) is 21.5 Å². The summed E-state index contributed by atoms with van der Waals surface area (Å²) in [5.74, 6) is -1.26. The van der Waals surface area contributed by atoms with E-state index in [0.717, 1.165) is 57.7 Å². The number of carboxylic acids is 1. The molecule has 0 amide bonds. The first kappa shape index (κ1) is 27.0. The molecule has 2 aromatic heterocycles. The van der Waals surface area contributed by atoms with E-state index in [9.17, 15) is 27.5 Å². The number of anilines is 2. The molecular weight excluding hydrogens is 576 g/mol. The molecule has 0 unspecified atom stereocenters. The molecule has 3 heterocycles. The van der Waals surface area contributed by atoms with Gasteiger partial charge in [0.1, 0.15) is 22.6 Å². The summed E-state index contributed by atoms with van der Waals surface area (Å²) in [4.78, 5) is 17.9. The molecule has 0 atom stereocenters. The molecule has 0 radical (unpaired) electrons. The predicted molar refractivity (Wildman–Crippen MR) is 148 cm³/mol. The average Bonchev–Trinajstić information content (AvgIpc) is 3.53. The van der Waals surface area contributed by atoms with E-state index >= 15 is 0 Å². The van der Waals surface area contributed by atoms with Crippen LogP contribution in [0.4, 0.5) is 28.4 Å². The minimum atomic E-state index is -4.83. The maximum atomic E-state index is 14.5. The Balaban J connectivity index is 1.04. The quantitative estimate of drug-likeness (QED) is 0.211. The lowest BCUT2D eigenvalue weighted by Crippen LogP contribution is -2.51. The molecule has 2 saturated carbocycles. The molecule has 1 spiro atoms. The van der Waals surface area contributed by atoms with Crippen molar-refractivity contribution >= 4 is 38.3 Å². The van der Waals surface area contributed by atoms with E-state index in [1.54, 1.807) is 12.1 Å². The number of alkyl halides is 3. The summed E-state index contributed by atoms with van der Waals surface area (Å²) in [7, 11) is 0. The molecule has 8 nitrogen and oxygen atoms in total. The largest absolute Gasteiger partial charge is 0.573 e. The molecule has 2 N–H and O–H groups in total. The zero-order valence-electron chi connectivity index (χ0n) is 22.2. The summed E-state index contributed by atoms with van der Waals surface area (Å²) in [6, 6.07) is 8.53. The van der Waals surface area contributed by atoms with Gasteiger partial charge in [0.25, 0.3) is 0 Å². The zero-order valence-corrected chi connectivity index (χ0v) is 23.0. The summed E-state index contributed by atoms with van der Waals surface area (Å²) in [5.41, 5.74) is 1.40. The third kappa shape index (κ3) is 5.03. The third-order valence-electron chi connectivity index (χ3n) is 8.52. The van der Waals surface area contributed by atoms with Gasteiger partial charge in [-0.1, -0.05) is 28.6 Å². The standard InChI is InChI=1S/C29H26F4N4O4S/c30-19-11-16(26(38)39)12-21-23(19)35-27(42-21)37-9-7-28(8-10-37)13-17(14-28)34-24-22(36-41-25(24)15-5-6-15)18-3-1-2-4-20(18)40-29(31,32)33/h1-4,11-12,15,17,34H,5-10,13-14H2,(H,38,39). The highest BCUT2D eigenvalue weighted by Crippen LogP contribution is 2.53. The van der Waals surface area contributed by atoms with Crippen LogP contribution in [0, 0.1) is 11.2 Å². The fraction of sp³-hybridized carbons (Fsp3) is 0.414. The van der Waals surface area contributed by atoms with Crippen LogP contribution in [0.1, 0.15) is 60.6 Å². The van der Waals surface area contributed by atoms with Crippen molar-refractivity contribution in [2.75, 3.05) is 23.3 Å². The number of hydrogen-bond donors (Lipinski definition) is 2. The van der Waals surface area contributed by atoms with Crippen molar-refractivity contribution in [3.05, 3.63) is 53.5 Å². The second-order valence-electron chi connectivity index (χ2n) is 11.4. The molecule has 2 aromatic carbocycles. The fourth-order valence-electron chi connectivity index (χ4n) is 6.23. The van der Waals surface area contributed by atoms with E-state index in [1.807, 2.05) is 0 Å². The number of fused-ring (bicyclic) bond motifs is 1. The van der Waals surface area contributed by atoms with Gasteiger partial charge in [-0.3, -0.25) is 0 Å². The van der Waals surface area contributed by atoms with Gasteiger partial charge in [-0.05, 0) is 68.2 Å². The normalized spacial score (nSPS) is 18.8. The summed E-state index contributed by atoms with van der Waals surface area (Å²) >= 11 is 1.29. The number of rotatable bonds is 7. The Morgan fingerprint density at radius 2 is 1.90 bits per heavy atom. The smallest absolute Gasteiger partial charge is 0.478 e. The fourth-order valence-corrected chi connectivity index (χ4v) is 7.31. The maximum absolute atomic E-state index is 14.5. The number of para-hydroxylation sites is 1. The van der Waals surface area contributed by atoms with Crippen LogP contribution in [0.5, 0.6) is 5.75 Å². The number of hydrogen-bond acceptors (Lipinski definition) is 8. The van der Waals surface area contributed by atoms with Gasteiger partial charge in [0.2, 0.25) is 0 Å². The molecule has 42 heavy (non-hydrogen) atoms. The Morgan fingerprint density at radius 3 is 2.60 bits per heavy atom. The van der Waals surface area contributed by atoms with Crippen molar-refractivity contribution < 1.29 is 36.7 Å². The Kier molecular flexibility index (Phi) is 6.33. The van der Waals surface area contributed by atoms with Crippen molar-refractivity contribution in [2.24, 2.45) is 5.41 Å². The second-order valence-corrected chi connectivity index (χ2v) is 12.4. The van der Waals surface area contributed by atoms with Gasteiger partial charge in [-0.15, -0.1) is 13.2 Å². The van der Waals surface area contributed by atoms with Crippen molar-refractivity contribution in [2.45, 2.75) is 56.8 Å². The summed E-state index contributed by atoms with van der Waals surface area (Å²) < 4.78 is 64.2. The predicted octanol–water partition coefficient (Wildman–Crippen LogP) is 7.43. The first-order valence-corrected chi connectivity index (χ1v) is 14.6. The number of thiazole rings is 1. The van der Waals surface area contributed by atoms with Crippen LogP contribution >= 0.6 is 11.3 Å². The zero-order chi connectivity index (χ0) is 29.2. The topological polar surface area (TPSA) is 101 Å². The molecule has 4 aromatic rings. The molecule has 2 aliphatic carbocycles. The lowest BCUT2D eigenvalue weighted by molar-refractivity contribution is -0.274. The van der Waals surface area contributed by atoms with Crippen molar-refractivity contribution in [3.8, 4) is 17.0 Å². The number of halogens is 4. The number of aromatic nitrogens is 2. The van der Waals surface area contributed by atoms with E-state index in [-0.39, 0.29) is 39.8 Å². The van der Waals surface area contributed by atoms with E-state index in [4.69, 9.17) is 4.52 Å².